The zero-order valence-corrected chi connectivity index (χ0v) is 13.0. The Kier molecular flexibility index (Phi) is 5.82. The van der Waals surface area contributed by atoms with Gasteiger partial charge in [-0.15, -0.1) is 21.5 Å². The molecule has 0 aliphatic carbocycles. The lowest BCUT2D eigenvalue weighted by Gasteiger charge is -2.06. The average Bonchev–Trinajstić information content (AvgIpc) is 3.06. The molecule has 0 aliphatic heterocycles. The van der Waals surface area contributed by atoms with Crippen LogP contribution >= 0.6 is 11.3 Å². The van der Waals surface area contributed by atoms with Crippen molar-refractivity contribution in [2.24, 2.45) is 0 Å². The quantitative estimate of drug-likeness (QED) is 0.772. The minimum atomic E-state index is -0.0248. The van der Waals surface area contributed by atoms with Crippen molar-refractivity contribution in [3.05, 3.63) is 28.2 Å². The molecule has 1 N–H and O–H groups in total. The van der Waals surface area contributed by atoms with Crippen molar-refractivity contribution in [3.63, 3.8) is 0 Å². The van der Waals surface area contributed by atoms with Crippen molar-refractivity contribution < 1.29 is 9.53 Å². The van der Waals surface area contributed by atoms with Crippen molar-refractivity contribution in [1.29, 1.82) is 0 Å². The van der Waals surface area contributed by atoms with Gasteiger partial charge in [-0.25, -0.2) is 4.98 Å². The number of carbonyl (C=O) groups excluding carboxylic acids is 1. The molecular formula is C13H19N5O2S. The number of aromatic nitrogens is 4. The Morgan fingerprint density at radius 3 is 3.10 bits per heavy atom. The molecule has 21 heavy (non-hydrogen) atoms. The zero-order valence-electron chi connectivity index (χ0n) is 12.2. The zero-order chi connectivity index (χ0) is 15.1. The second kappa shape index (κ2) is 7.84. The molecule has 2 aromatic rings. The summed E-state index contributed by atoms with van der Waals surface area (Å²) in [6.45, 7) is 3.79. The highest BCUT2D eigenvalue weighted by atomic mass is 32.1. The number of nitrogens with one attached hydrogen (secondary N) is 1. The normalized spacial score (nSPS) is 10.8. The molecular weight excluding hydrogens is 290 g/mol. The molecule has 1 amide bonds. The number of carbonyl (C=O) groups is 1. The fourth-order valence-electron chi connectivity index (χ4n) is 1.88. The maximum atomic E-state index is 11.8. The van der Waals surface area contributed by atoms with Gasteiger partial charge in [-0.2, -0.15) is 0 Å². The molecule has 114 valence electrons. The SMILES string of the molecule is COCCn1cnnc1CCNC(=O)Cc1csc(C)n1. The van der Waals surface area contributed by atoms with Crippen molar-refractivity contribution in [2.45, 2.75) is 26.3 Å². The Bertz CT molecular complexity index is 581. The van der Waals surface area contributed by atoms with Gasteiger partial charge in [0.25, 0.3) is 0 Å². The molecule has 0 aliphatic rings. The number of hydrogen-bond acceptors (Lipinski definition) is 6. The molecule has 8 heteroatoms. The Hall–Kier alpha value is -1.80. The second-order valence-electron chi connectivity index (χ2n) is 4.57. The van der Waals surface area contributed by atoms with E-state index in [2.05, 4.69) is 20.5 Å². The van der Waals surface area contributed by atoms with E-state index in [4.69, 9.17) is 4.74 Å². The fraction of sp³-hybridized carbons (Fsp3) is 0.538. The standard InChI is InChI=1S/C13H19N5O2S/c1-10-16-11(8-21-10)7-13(19)14-4-3-12-17-15-9-18(12)5-6-20-2/h8-9H,3-7H2,1-2H3,(H,14,19). The van der Waals surface area contributed by atoms with Gasteiger partial charge in [-0.1, -0.05) is 0 Å². The van der Waals surface area contributed by atoms with Crippen molar-refractivity contribution >= 4 is 17.2 Å². The molecule has 0 saturated heterocycles. The Balaban J connectivity index is 1.73. The van der Waals surface area contributed by atoms with E-state index in [0.29, 0.717) is 32.5 Å². The van der Waals surface area contributed by atoms with Crippen LogP contribution in [0.4, 0.5) is 0 Å². The minimum Gasteiger partial charge on any atom is -0.383 e. The molecule has 7 nitrogen and oxygen atoms in total. The lowest BCUT2D eigenvalue weighted by atomic mass is 10.3. The highest BCUT2D eigenvalue weighted by molar-refractivity contribution is 7.09. The summed E-state index contributed by atoms with van der Waals surface area (Å²) >= 11 is 1.55. The van der Waals surface area contributed by atoms with Crippen LogP contribution in [0.1, 0.15) is 16.5 Å². The van der Waals surface area contributed by atoms with Gasteiger partial charge in [0.05, 0.1) is 23.7 Å². The van der Waals surface area contributed by atoms with Crippen LogP contribution in [-0.2, 0) is 28.9 Å². The highest BCUT2D eigenvalue weighted by Gasteiger charge is 2.08. The monoisotopic (exact) mass is 309 g/mol. The van der Waals surface area contributed by atoms with Gasteiger partial charge in [-0.3, -0.25) is 4.79 Å². The van der Waals surface area contributed by atoms with Crippen molar-refractivity contribution in [3.8, 4) is 0 Å². The van der Waals surface area contributed by atoms with E-state index < -0.39 is 0 Å². The first-order valence-electron chi connectivity index (χ1n) is 6.72. The topological polar surface area (TPSA) is 81.9 Å². The molecule has 0 unspecified atom stereocenters. The number of ether oxygens (including phenoxy) is 1. The number of aryl methyl sites for hydroxylation is 1. The molecule has 0 radical (unpaired) electrons. The summed E-state index contributed by atoms with van der Waals surface area (Å²) in [6, 6.07) is 0. The minimum absolute atomic E-state index is 0.0248. The van der Waals surface area contributed by atoms with Crippen LogP contribution in [0.25, 0.3) is 0 Å². The molecule has 2 aromatic heterocycles. The van der Waals surface area contributed by atoms with Crippen LogP contribution in [-0.4, -0.2) is 45.9 Å². The number of nitrogens with zero attached hydrogens (tertiary/aromatic N) is 4. The van der Waals surface area contributed by atoms with Gasteiger partial charge in [0, 0.05) is 32.0 Å². The Morgan fingerprint density at radius 1 is 1.52 bits per heavy atom. The van der Waals surface area contributed by atoms with Crippen LogP contribution in [0.15, 0.2) is 11.7 Å². The Morgan fingerprint density at radius 2 is 2.38 bits per heavy atom. The third kappa shape index (κ3) is 4.91. The van der Waals surface area contributed by atoms with E-state index in [1.54, 1.807) is 24.8 Å². The summed E-state index contributed by atoms with van der Waals surface area (Å²) in [5.41, 5.74) is 0.818. The van der Waals surface area contributed by atoms with E-state index in [9.17, 15) is 4.79 Å². The second-order valence-corrected chi connectivity index (χ2v) is 5.63. The van der Waals surface area contributed by atoms with Crippen LogP contribution < -0.4 is 5.32 Å². The van der Waals surface area contributed by atoms with E-state index in [-0.39, 0.29) is 5.91 Å². The van der Waals surface area contributed by atoms with Crippen LogP contribution in [0.2, 0.25) is 0 Å². The summed E-state index contributed by atoms with van der Waals surface area (Å²) in [5, 5.41) is 13.7. The van der Waals surface area contributed by atoms with Crippen molar-refractivity contribution in [1.82, 2.24) is 25.1 Å². The lowest BCUT2D eigenvalue weighted by Crippen LogP contribution is -2.28. The van der Waals surface area contributed by atoms with Gasteiger partial charge in [0.2, 0.25) is 5.91 Å². The molecule has 0 saturated carbocycles. The predicted molar refractivity (Wildman–Crippen MR) is 79.2 cm³/mol. The molecule has 0 aromatic carbocycles. The first-order chi connectivity index (χ1) is 10.2. The average molecular weight is 309 g/mol. The van der Waals surface area contributed by atoms with E-state index >= 15 is 0 Å². The molecule has 0 bridgehead atoms. The van der Waals surface area contributed by atoms with E-state index in [1.165, 1.54) is 0 Å². The van der Waals surface area contributed by atoms with Crippen LogP contribution in [0, 0.1) is 6.92 Å². The van der Waals surface area contributed by atoms with Gasteiger partial charge >= 0.3 is 0 Å². The largest absolute Gasteiger partial charge is 0.383 e. The number of hydrogen-bond donors (Lipinski definition) is 1. The summed E-state index contributed by atoms with van der Waals surface area (Å²) in [6.07, 6.45) is 2.64. The smallest absolute Gasteiger partial charge is 0.226 e. The Labute approximate surface area is 127 Å². The number of amides is 1. The third-order valence-corrected chi connectivity index (χ3v) is 3.73. The molecule has 2 rings (SSSR count). The van der Waals surface area contributed by atoms with Crippen LogP contribution in [0.3, 0.4) is 0 Å². The summed E-state index contributed by atoms with van der Waals surface area (Å²) in [4.78, 5) is 16.1. The third-order valence-electron chi connectivity index (χ3n) is 2.91. The molecule has 0 fully saturated rings. The first-order valence-corrected chi connectivity index (χ1v) is 7.60. The molecule has 2 heterocycles. The first kappa shape index (κ1) is 15.6. The summed E-state index contributed by atoms with van der Waals surface area (Å²) in [5.74, 6) is 0.820. The number of methoxy groups -OCH3 is 1. The van der Waals surface area contributed by atoms with Gasteiger partial charge in [0.15, 0.2) is 0 Å². The summed E-state index contributed by atoms with van der Waals surface area (Å²) in [7, 11) is 1.66. The highest BCUT2D eigenvalue weighted by Crippen LogP contribution is 2.08. The maximum absolute atomic E-state index is 11.8. The van der Waals surface area contributed by atoms with Gasteiger partial charge < -0.3 is 14.6 Å². The molecule has 0 atom stereocenters. The molecule has 0 spiro atoms. The van der Waals surface area contributed by atoms with E-state index in [0.717, 1.165) is 16.5 Å². The lowest BCUT2D eigenvalue weighted by molar-refractivity contribution is -0.120. The fourth-order valence-corrected chi connectivity index (χ4v) is 2.49. The van der Waals surface area contributed by atoms with Crippen LogP contribution in [0.5, 0.6) is 0 Å². The summed E-state index contributed by atoms with van der Waals surface area (Å²) < 4.78 is 6.96. The van der Waals surface area contributed by atoms with E-state index in [1.807, 2.05) is 16.9 Å². The maximum Gasteiger partial charge on any atom is 0.226 e. The number of thiazole rings is 1. The van der Waals surface area contributed by atoms with Gasteiger partial charge in [0.1, 0.15) is 12.2 Å². The van der Waals surface area contributed by atoms with Gasteiger partial charge in [-0.05, 0) is 6.92 Å². The van der Waals surface area contributed by atoms with Crippen molar-refractivity contribution in [2.75, 3.05) is 20.3 Å². The number of rotatable bonds is 8. The predicted octanol–water partition coefficient (Wildman–Crippen LogP) is 0.591.